The van der Waals surface area contributed by atoms with Crippen LogP contribution in [0.25, 0.3) is 0 Å². The Morgan fingerprint density at radius 2 is 1.72 bits per heavy atom. The number of ether oxygens (including phenoxy) is 1. The number of hydrogen-bond donors (Lipinski definition) is 3. The standard InChI is InChI=1S/C20H25NO4/c1-14-4-8-16(9-5-14)21-19(24)25-18(20(2,3)12-13-22)15-6-10-17(23)11-7-15/h4-11,18,22-23H,12-13H2,1-3H3,(H,21,24)/t18-/m0/s1. The van der Waals surface area contributed by atoms with Gasteiger partial charge >= 0.3 is 6.09 Å². The Labute approximate surface area is 148 Å². The number of carbonyl (C=O) groups is 1. The molecule has 0 radical (unpaired) electrons. The second-order valence-electron chi connectivity index (χ2n) is 6.83. The van der Waals surface area contributed by atoms with E-state index in [0.717, 1.165) is 11.1 Å². The van der Waals surface area contributed by atoms with Crippen molar-refractivity contribution < 1.29 is 19.7 Å². The van der Waals surface area contributed by atoms with Crippen LogP contribution >= 0.6 is 0 Å². The van der Waals surface area contributed by atoms with Crippen LogP contribution in [0.15, 0.2) is 48.5 Å². The molecule has 2 aromatic carbocycles. The van der Waals surface area contributed by atoms with Crippen molar-refractivity contribution in [2.24, 2.45) is 5.41 Å². The van der Waals surface area contributed by atoms with Gasteiger partial charge in [0, 0.05) is 17.7 Å². The fraction of sp³-hybridized carbons (Fsp3) is 0.350. The van der Waals surface area contributed by atoms with E-state index in [1.807, 2.05) is 45.0 Å². The highest BCUT2D eigenvalue weighted by atomic mass is 16.6. The molecule has 0 aliphatic heterocycles. The highest BCUT2D eigenvalue weighted by Crippen LogP contribution is 2.40. The van der Waals surface area contributed by atoms with Gasteiger partial charge < -0.3 is 14.9 Å². The van der Waals surface area contributed by atoms with E-state index in [4.69, 9.17) is 4.74 Å². The quantitative estimate of drug-likeness (QED) is 0.726. The summed E-state index contributed by atoms with van der Waals surface area (Å²) in [7, 11) is 0. The first-order valence-corrected chi connectivity index (χ1v) is 8.26. The fourth-order valence-corrected chi connectivity index (χ4v) is 2.64. The number of aromatic hydroxyl groups is 1. The summed E-state index contributed by atoms with van der Waals surface area (Å²) in [4.78, 5) is 12.4. The molecule has 0 fully saturated rings. The molecule has 5 heteroatoms. The third kappa shape index (κ3) is 5.22. The van der Waals surface area contributed by atoms with Crippen LogP contribution in [0, 0.1) is 12.3 Å². The average Bonchev–Trinajstić information content (AvgIpc) is 2.56. The molecule has 134 valence electrons. The molecule has 2 rings (SSSR count). The number of aryl methyl sites for hydroxylation is 1. The minimum atomic E-state index is -0.564. The van der Waals surface area contributed by atoms with E-state index in [2.05, 4.69) is 5.32 Å². The van der Waals surface area contributed by atoms with Gasteiger partial charge in [0.25, 0.3) is 0 Å². The van der Waals surface area contributed by atoms with E-state index < -0.39 is 17.6 Å². The van der Waals surface area contributed by atoms with Gasteiger partial charge in [-0.1, -0.05) is 43.7 Å². The van der Waals surface area contributed by atoms with Crippen LogP contribution in [0.4, 0.5) is 10.5 Å². The van der Waals surface area contributed by atoms with Crippen molar-refractivity contribution in [1.82, 2.24) is 0 Å². The van der Waals surface area contributed by atoms with Crippen LogP contribution in [0.2, 0.25) is 0 Å². The zero-order valence-corrected chi connectivity index (χ0v) is 14.8. The lowest BCUT2D eigenvalue weighted by Crippen LogP contribution is -2.29. The van der Waals surface area contributed by atoms with Gasteiger partial charge in [0.15, 0.2) is 0 Å². The normalized spacial score (nSPS) is 12.5. The van der Waals surface area contributed by atoms with Crippen molar-refractivity contribution in [1.29, 1.82) is 0 Å². The molecule has 0 unspecified atom stereocenters. The molecule has 0 aromatic heterocycles. The second kappa shape index (κ2) is 8.03. The maximum Gasteiger partial charge on any atom is 0.412 e. The Balaban J connectivity index is 2.18. The van der Waals surface area contributed by atoms with Gasteiger partial charge in [0.2, 0.25) is 0 Å². The summed E-state index contributed by atoms with van der Waals surface area (Å²) in [6.45, 7) is 5.82. The Hall–Kier alpha value is -2.53. The maximum atomic E-state index is 12.4. The van der Waals surface area contributed by atoms with Gasteiger partial charge in [0.1, 0.15) is 11.9 Å². The van der Waals surface area contributed by atoms with Gasteiger partial charge in [-0.15, -0.1) is 0 Å². The maximum absolute atomic E-state index is 12.4. The van der Waals surface area contributed by atoms with E-state index >= 15 is 0 Å². The summed E-state index contributed by atoms with van der Waals surface area (Å²) in [5, 5.41) is 21.5. The molecule has 0 saturated heterocycles. The first-order chi connectivity index (χ1) is 11.8. The lowest BCUT2D eigenvalue weighted by Gasteiger charge is -2.33. The molecule has 1 amide bonds. The van der Waals surface area contributed by atoms with E-state index in [1.54, 1.807) is 24.3 Å². The molecular weight excluding hydrogens is 318 g/mol. The van der Waals surface area contributed by atoms with Gasteiger partial charge in [-0.2, -0.15) is 0 Å². The Morgan fingerprint density at radius 3 is 2.28 bits per heavy atom. The molecular formula is C20H25NO4. The van der Waals surface area contributed by atoms with Crippen LogP contribution < -0.4 is 5.32 Å². The number of phenols is 1. The van der Waals surface area contributed by atoms with E-state index in [9.17, 15) is 15.0 Å². The Morgan fingerprint density at radius 1 is 1.12 bits per heavy atom. The molecule has 1 atom stereocenters. The number of amides is 1. The zero-order valence-electron chi connectivity index (χ0n) is 14.8. The van der Waals surface area contributed by atoms with Crippen molar-refractivity contribution in [3.8, 4) is 5.75 Å². The highest BCUT2D eigenvalue weighted by molar-refractivity contribution is 5.84. The van der Waals surface area contributed by atoms with Crippen LogP contribution in [-0.2, 0) is 4.74 Å². The number of rotatable bonds is 6. The minimum Gasteiger partial charge on any atom is -0.508 e. The number of aliphatic hydroxyl groups excluding tert-OH is 1. The first kappa shape index (κ1) is 18.8. The van der Waals surface area contributed by atoms with E-state index in [-0.39, 0.29) is 12.4 Å². The molecule has 0 aliphatic rings. The molecule has 3 N–H and O–H groups in total. The smallest absolute Gasteiger partial charge is 0.412 e. The van der Waals surface area contributed by atoms with Crippen molar-refractivity contribution >= 4 is 11.8 Å². The Kier molecular flexibility index (Phi) is 6.04. The molecule has 0 aliphatic carbocycles. The topological polar surface area (TPSA) is 78.8 Å². The molecule has 2 aromatic rings. The Bertz CT molecular complexity index is 693. The average molecular weight is 343 g/mol. The molecule has 0 bridgehead atoms. The van der Waals surface area contributed by atoms with Crippen LogP contribution in [-0.4, -0.2) is 22.9 Å². The summed E-state index contributed by atoms with van der Waals surface area (Å²) in [6.07, 6.45) is -0.658. The predicted molar refractivity (Wildman–Crippen MR) is 97.6 cm³/mol. The van der Waals surface area contributed by atoms with Gasteiger partial charge in [-0.3, -0.25) is 5.32 Å². The summed E-state index contributed by atoms with van der Waals surface area (Å²) in [6, 6.07) is 14.0. The lowest BCUT2D eigenvalue weighted by molar-refractivity contribution is 0.0152. The highest BCUT2D eigenvalue weighted by Gasteiger charge is 2.34. The molecule has 0 heterocycles. The number of phenolic OH excluding ortho intramolecular Hbond substituents is 1. The summed E-state index contributed by atoms with van der Waals surface area (Å²) < 4.78 is 5.69. The van der Waals surface area contributed by atoms with Gasteiger partial charge in [-0.05, 0) is 43.2 Å². The monoisotopic (exact) mass is 343 g/mol. The summed E-state index contributed by atoms with van der Waals surface area (Å²) >= 11 is 0. The van der Waals surface area contributed by atoms with E-state index in [0.29, 0.717) is 12.1 Å². The van der Waals surface area contributed by atoms with E-state index in [1.165, 1.54) is 0 Å². The number of hydrogen-bond acceptors (Lipinski definition) is 4. The molecule has 0 saturated carbocycles. The largest absolute Gasteiger partial charge is 0.508 e. The number of anilines is 1. The van der Waals surface area contributed by atoms with Crippen molar-refractivity contribution in [3.63, 3.8) is 0 Å². The third-order valence-electron chi connectivity index (χ3n) is 4.18. The van der Waals surface area contributed by atoms with Crippen LogP contribution in [0.5, 0.6) is 5.75 Å². The number of nitrogens with one attached hydrogen (secondary N) is 1. The van der Waals surface area contributed by atoms with Gasteiger partial charge in [-0.25, -0.2) is 4.79 Å². The molecule has 0 spiro atoms. The van der Waals surface area contributed by atoms with Crippen LogP contribution in [0.1, 0.15) is 37.5 Å². The number of aliphatic hydroxyl groups is 1. The number of benzene rings is 2. The first-order valence-electron chi connectivity index (χ1n) is 8.26. The molecule has 25 heavy (non-hydrogen) atoms. The summed E-state index contributed by atoms with van der Waals surface area (Å²) in [5.74, 6) is 0.145. The lowest BCUT2D eigenvalue weighted by atomic mass is 9.80. The predicted octanol–water partition coefficient (Wildman–Crippen LogP) is 4.40. The SMILES string of the molecule is Cc1ccc(NC(=O)O[C@@H](c2ccc(O)cc2)C(C)(C)CCO)cc1. The fourth-order valence-electron chi connectivity index (χ4n) is 2.64. The molecule has 5 nitrogen and oxygen atoms in total. The third-order valence-corrected chi connectivity index (χ3v) is 4.18. The summed E-state index contributed by atoms with van der Waals surface area (Å²) in [5.41, 5.74) is 2.04. The van der Waals surface area contributed by atoms with Crippen molar-refractivity contribution in [2.45, 2.75) is 33.3 Å². The second-order valence-corrected chi connectivity index (χ2v) is 6.83. The number of carbonyl (C=O) groups excluding carboxylic acids is 1. The van der Waals surface area contributed by atoms with Crippen molar-refractivity contribution in [3.05, 3.63) is 59.7 Å². The van der Waals surface area contributed by atoms with Crippen LogP contribution in [0.3, 0.4) is 0 Å². The van der Waals surface area contributed by atoms with Crippen molar-refractivity contribution in [2.75, 3.05) is 11.9 Å². The van der Waals surface area contributed by atoms with Gasteiger partial charge in [0.05, 0.1) is 0 Å². The zero-order chi connectivity index (χ0) is 18.4. The minimum absolute atomic E-state index is 0.00940.